The van der Waals surface area contributed by atoms with Crippen molar-refractivity contribution in [1.29, 1.82) is 0 Å². The molecule has 0 radical (unpaired) electrons. The maximum Gasteiger partial charge on any atom is 0.120 e. The molecule has 0 heterocycles. The molecular weight excluding hydrogens is 260 g/mol. The highest BCUT2D eigenvalue weighted by molar-refractivity contribution is 5.51. The van der Waals surface area contributed by atoms with E-state index in [9.17, 15) is 5.11 Å². The molecule has 2 atom stereocenters. The van der Waals surface area contributed by atoms with Crippen molar-refractivity contribution >= 4 is 0 Å². The number of benzene rings is 1. The van der Waals surface area contributed by atoms with Crippen LogP contribution in [0.1, 0.15) is 67.7 Å². The molecule has 0 aromatic heterocycles. The van der Waals surface area contributed by atoms with Crippen molar-refractivity contribution < 1.29 is 5.11 Å². The van der Waals surface area contributed by atoms with Crippen molar-refractivity contribution in [3.8, 4) is 5.75 Å². The van der Waals surface area contributed by atoms with Crippen LogP contribution in [0, 0.1) is 6.92 Å². The van der Waals surface area contributed by atoms with Gasteiger partial charge in [-0.25, -0.2) is 0 Å². The van der Waals surface area contributed by atoms with Crippen LogP contribution in [-0.4, -0.2) is 29.1 Å². The first-order valence-electron chi connectivity index (χ1n) is 8.29. The van der Waals surface area contributed by atoms with Crippen molar-refractivity contribution in [2.75, 3.05) is 7.05 Å². The summed E-state index contributed by atoms with van der Waals surface area (Å²) < 4.78 is 0. The highest BCUT2D eigenvalue weighted by Gasteiger charge is 2.37. The summed E-state index contributed by atoms with van der Waals surface area (Å²) in [5, 5.41) is 10.4. The number of phenolic OH excluding ortho intramolecular Hbond substituents is 1. The summed E-state index contributed by atoms with van der Waals surface area (Å²) in [5.74, 6) is 1.01. The van der Waals surface area contributed by atoms with E-state index in [1.807, 2.05) is 12.1 Å². The predicted octanol–water partition coefficient (Wildman–Crippen LogP) is 3.45. The fourth-order valence-corrected chi connectivity index (χ4v) is 4.44. The molecule has 1 aromatic carbocycles. The van der Waals surface area contributed by atoms with Crippen molar-refractivity contribution in [3.05, 3.63) is 28.8 Å². The zero-order chi connectivity index (χ0) is 15.1. The molecule has 0 bridgehead atoms. The van der Waals surface area contributed by atoms with E-state index in [1.54, 1.807) is 0 Å². The zero-order valence-corrected chi connectivity index (χ0v) is 13.5. The highest BCUT2D eigenvalue weighted by Crippen LogP contribution is 2.49. The Morgan fingerprint density at radius 2 is 1.81 bits per heavy atom. The number of nitrogens with two attached hydrogens (primary N) is 1. The number of rotatable bonds is 2. The number of aromatic hydroxyl groups is 1. The number of nitrogens with zero attached hydrogens (tertiary/aromatic N) is 1. The SMILES string of the molecule is Cc1ccc(O)c2c1C(C)CC2N(C)C1CCC(N)CC1. The molecule has 1 fully saturated rings. The van der Waals surface area contributed by atoms with Gasteiger partial charge in [-0.3, -0.25) is 4.90 Å². The molecule has 21 heavy (non-hydrogen) atoms. The van der Waals surface area contributed by atoms with Gasteiger partial charge >= 0.3 is 0 Å². The Balaban J connectivity index is 1.87. The van der Waals surface area contributed by atoms with Crippen LogP contribution < -0.4 is 5.73 Å². The minimum absolute atomic E-state index is 0.356. The molecule has 116 valence electrons. The summed E-state index contributed by atoms with van der Waals surface area (Å²) in [6.07, 6.45) is 5.75. The Bertz CT molecular complexity index is 520. The molecule has 0 amide bonds. The molecule has 3 heteroatoms. The summed E-state index contributed by atoms with van der Waals surface area (Å²) in [6, 6.07) is 5.26. The number of phenols is 1. The topological polar surface area (TPSA) is 49.5 Å². The molecule has 1 aromatic rings. The zero-order valence-electron chi connectivity index (χ0n) is 13.5. The van der Waals surface area contributed by atoms with E-state index in [1.165, 1.54) is 29.5 Å². The quantitative estimate of drug-likeness (QED) is 0.876. The number of hydrogen-bond acceptors (Lipinski definition) is 3. The molecule has 0 spiro atoms. The number of hydrogen-bond donors (Lipinski definition) is 2. The van der Waals surface area contributed by atoms with Gasteiger partial charge in [-0.2, -0.15) is 0 Å². The molecular formula is C18H28N2O. The molecule has 3 rings (SSSR count). The second-order valence-electron chi connectivity index (χ2n) is 7.12. The Hall–Kier alpha value is -1.06. The first kappa shape index (κ1) is 14.9. The van der Waals surface area contributed by atoms with Crippen LogP contribution in [0.5, 0.6) is 5.75 Å². The first-order chi connectivity index (χ1) is 9.99. The Morgan fingerprint density at radius 1 is 1.14 bits per heavy atom. The van der Waals surface area contributed by atoms with E-state index in [4.69, 9.17) is 5.73 Å². The predicted molar refractivity (Wildman–Crippen MR) is 86.6 cm³/mol. The van der Waals surface area contributed by atoms with Gasteiger partial charge in [0.2, 0.25) is 0 Å². The maximum atomic E-state index is 10.4. The maximum absolute atomic E-state index is 10.4. The van der Waals surface area contributed by atoms with Gasteiger partial charge in [0.25, 0.3) is 0 Å². The lowest BCUT2D eigenvalue weighted by atomic mass is 9.89. The van der Waals surface area contributed by atoms with Crippen LogP contribution in [0.3, 0.4) is 0 Å². The van der Waals surface area contributed by atoms with Gasteiger partial charge < -0.3 is 10.8 Å². The standard InChI is InChI=1S/C18H28N2O/c1-11-4-9-16(21)18-15(10-12(2)17(11)18)20(3)14-7-5-13(19)6-8-14/h4,9,12-15,21H,5-8,10,19H2,1-3H3. The van der Waals surface area contributed by atoms with E-state index >= 15 is 0 Å². The average molecular weight is 288 g/mol. The molecule has 0 saturated heterocycles. The van der Waals surface area contributed by atoms with Crippen molar-refractivity contribution in [3.63, 3.8) is 0 Å². The molecule has 1 saturated carbocycles. The molecule has 2 aliphatic rings. The lowest BCUT2D eigenvalue weighted by Gasteiger charge is -2.37. The molecule has 3 nitrogen and oxygen atoms in total. The van der Waals surface area contributed by atoms with E-state index in [2.05, 4.69) is 25.8 Å². The summed E-state index contributed by atoms with van der Waals surface area (Å²) in [4.78, 5) is 2.51. The molecule has 2 aliphatic carbocycles. The second kappa shape index (κ2) is 5.62. The van der Waals surface area contributed by atoms with Gasteiger partial charge in [-0.15, -0.1) is 0 Å². The summed E-state index contributed by atoms with van der Waals surface area (Å²) in [7, 11) is 2.23. The normalized spacial score (nSPS) is 32.4. The van der Waals surface area contributed by atoms with Crippen LogP contribution in [0.4, 0.5) is 0 Å². The molecule has 3 N–H and O–H groups in total. The van der Waals surface area contributed by atoms with Gasteiger partial charge in [0.1, 0.15) is 5.75 Å². The van der Waals surface area contributed by atoms with Crippen LogP contribution in [0.15, 0.2) is 12.1 Å². The fourth-order valence-electron chi connectivity index (χ4n) is 4.44. The van der Waals surface area contributed by atoms with Crippen molar-refractivity contribution in [1.82, 2.24) is 4.90 Å². The van der Waals surface area contributed by atoms with E-state index in [0.29, 0.717) is 29.8 Å². The third-order valence-corrected chi connectivity index (χ3v) is 5.69. The second-order valence-corrected chi connectivity index (χ2v) is 7.12. The summed E-state index contributed by atoms with van der Waals surface area (Å²) in [5.41, 5.74) is 9.91. The Labute approximate surface area is 128 Å². The third kappa shape index (κ3) is 2.58. The average Bonchev–Trinajstić information content (AvgIpc) is 2.82. The molecule has 0 aliphatic heterocycles. The number of fused-ring (bicyclic) bond motifs is 1. The third-order valence-electron chi connectivity index (χ3n) is 5.69. The van der Waals surface area contributed by atoms with Crippen LogP contribution in [0.2, 0.25) is 0 Å². The van der Waals surface area contributed by atoms with Crippen molar-refractivity contribution in [2.24, 2.45) is 5.73 Å². The minimum Gasteiger partial charge on any atom is -0.508 e. The number of aryl methyl sites for hydroxylation is 1. The lowest BCUT2D eigenvalue weighted by Crippen LogP contribution is -2.40. The smallest absolute Gasteiger partial charge is 0.120 e. The molecule has 2 unspecified atom stereocenters. The van der Waals surface area contributed by atoms with Gasteiger partial charge in [0.05, 0.1) is 0 Å². The van der Waals surface area contributed by atoms with Gasteiger partial charge in [-0.05, 0) is 69.2 Å². The van der Waals surface area contributed by atoms with Gasteiger partial charge in [-0.1, -0.05) is 13.0 Å². The largest absolute Gasteiger partial charge is 0.508 e. The van der Waals surface area contributed by atoms with Crippen molar-refractivity contribution in [2.45, 2.75) is 70.0 Å². The monoisotopic (exact) mass is 288 g/mol. The minimum atomic E-state index is 0.356. The first-order valence-corrected chi connectivity index (χ1v) is 8.29. The van der Waals surface area contributed by atoms with Gasteiger partial charge in [0.15, 0.2) is 0 Å². The Kier molecular flexibility index (Phi) is 3.98. The van der Waals surface area contributed by atoms with Crippen LogP contribution >= 0.6 is 0 Å². The Morgan fingerprint density at radius 3 is 2.48 bits per heavy atom. The summed E-state index contributed by atoms with van der Waals surface area (Å²) in [6.45, 7) is 4.45. The van der Waals surface area contributed by atoms with E-state index < -0.39 is 0 Å². The summed E-state index contributed by atoms with van der Waals surface area (Å²) >= 11 is 0. The van der Waals surface area contributed by atoms with Crippen LogP contribution in [-0.2, 0) is 0 Å². The van der Waals surface area contributed by atoms with Gasteiger partial charge in [0, 0.05) is 23.7 Å². The lowest BCUT2D eigenvalue weighted by molar-refractivity contribution is 0.128. The van der Waals surface area contributed by atoms with E-state index in [-0.39, 0.29) is 0 Å². The fraction of sp³-hybridized carbons (Fsp3) is 0.667. The van der Waals surface area contributed by atoms with E-state index in [0.717, 1.165) is 19.3 Å². The highest BCUT2D eigenvalue weighted by atomic mass is 16.3. The van der Waals surface area contributed by atoms with Crippen LogP contribution in [0.25, 0.3) is 0 Å².